The Morgan fingerprint density at radius 1 is 1.29 bits per heavy atom. The number of likely N-dealkylation sites (tertiary alicyclic amines) is 1. The van der Waals surface area contributed by atoms with E-state index in [1.807, 2.05) is 6.07 Å². The maximum atomic E-state index is 8.88. The number of nitriles is 1. The second-order valence-corrected chi connectivity index (χ2v) is 4.96. The lowest BCUT2D eigenvalue weighted by atomic mass is 9.88. The first-order valence-corrected chi connectivity index (χ1v) is 6.44. The van der Waals surface area contributed by atoms with Gasteiger partial charge in [-0.15, -0.1) is 0 Å². The molecule has 0 bridgehead atoms. The summed E-state index contributed by atoms with van der Waals surface area (Å²) in [4.78, 5) is 2.41. The lowest BCUT2D eigenvalue weighted by Crippen LogP contribution is -2.18. The van der Waals surface area contributed by atoms with Crippen molar-refractivity contribution in [3.8, 4) is 6.07 Å². The number of benzene rings is 1. The molecule has 0 aromatic heterocycles. The van der Waals surface area contributed by atoms with Crippen LogP contribution in [-0.4, -0.2) is 25.0 Å². The van der Waals surface area contributed by atoms with Crippen LogP contribution in [0.3, 0.4) is 0 Å². The zero-order valence-electron chi connectivity index (χ0n) is 10.5. The molecule has 2 heteroatoms. The minimum Gasteiger partial charge on any atom is -0.306 e. The van der Waals surface area contributed by atoms with Gasteiger partial charge in [0.25, 0.3) is 0 Å². The summed E-state index contributed by atoms with van der Waals surface area (Å²) in [6, 6.07) is 10.7. The zero-order chi connectivity index (χ0) is 12.1. The number of nitrogens with zero attached hydrogens (tertiary/aromatic N) is 2. The molecule has 1 aromatic rings. The van der Waals surface area contributed by atoms with Crippen LogP contribution in [0.2, 0.25) is 0 Å². The smallest absolute Gasteiger partial charge is 0.0669 e. The van der Waals surface area contributed by atoms with Crippen LogP contribution in [0.1, 0.15) is 36.3 Å². The van der Waals surface area contributed by atoms with E-state index in [1.54, 1.807) is 0 Å². The summed E-state index contributed by atoms with van der Waals surface area (Å²) in [6.45, 7) is 2.38. The molecule has 1 unspecified atom stereocenters. The molecule has 0 amide bonds. The maximum absolute atomic E-state index is 8.88. The van der Waals surface area contributed by atoms with Crippen LogP contribution in [0, 0.1) is 11.3 Å². The van der Waals surface area contributed by atoms with E-state index >= 15 is 0 Å². The quantitative estimate of drug-likeness (QED) is 0.778. The molecule has 1 aliphatic rings. The number of hydrogen-bond acceptors (Lipinski definition) is 2. The van der Waals surface area contributed by atoms with E-state index < -0.39 is 0 Å². The average Bonchev–Trinajstić information content (AvgIpc) is 2.55. The predicted octanol–water partition coefficient (Wildman–Crippen LogP) is 2.95. The Balaban J connectivity index is 2.18. The third kappa shape index (κ3) is 3.08. The van der Waals surface area contributed by atoms with Crippen LogP contribution in [0.15, 0.2) is 24.3 Å². The molecule has 90 valence electrons. The fraction of sp³-hybridized carbons (Fsp3) is 0.533. The lowest BCUT2D eigenvalue weighted by Gasteiger charge is -2.18. The molecule has 1 saturated heterocycles. The molecule has 17 heavy (non-hydrogen) atoms. The predicted molar refractivity (Wildman–Crippen MR) is 69.8 cm³/mol. The van der Waals surface area contributed by atoms with Gasteiger partial charge in [0.1, 0.15) is 0 Å². The normalized spacial score (nSPS) is 21.8. The Bertz CT molecular complexity index is 406. The van der Waals surface area contributed by atoms with Gasteiger partial charge < -0.3 is 4.90 Å². The molecule has 2 nitrogen and oxygen atoms in total. The molecule has 1 aromatic carbocycles. The maximum Gasteiger partial charge on any atom is 0.0669 e. The van der Waals surface area contributed by atoms with Crippen LogP contribution in [0.5, 0.6) is 0 Å². The fourth-order valence-corrected chi connectivity index (χ4v) is 2.73. The molecular weight excluding hydrogens is 208 g/mol. The van der Waals surface area contributed by atoms with E-state index in [0.29, 0.717) is 12.3 Å². The zero-order valence-corrected chi connectivity index (χ0v) is 10.5. The SMILES string of the molecule is CN1CCCC(c2ccccc2CC#N)CC1. The summed E-state index contributed by atoms with van der Waals surface area (Å²) in [6.07, 6.45) is 4.29. The third-order valence-corrected chi connectivity index (χ3v) is 3.72. The summed E-state index contributed by atoms with van der Waals surface area (Å²) < 4.78 is 0. The standard InChI is InChI=1S/C15H20N2/c1-17-11-4-6-14(9-12-17)15-7-3-2-5-13(15)8-10-16/h2-3,5,7,14H,4,6,8-9,11-12H2,1H3. The van der Waals surface area contributed by atoms with Gasteiger partial charge in [-0.05, 0) is 56.4 Å². The van der Waals surface area contributed by atoms with Crippen molar-refractivity contribution in [2.24, 2.45) is 0 Å². The third-order valence-electron chi connectivity index (χ3n) is 3.72. The van der Waals surface area contributed by atoms with Gasteiger partial charge in [-0.25, -0.2) is 0 Å². The molecule has 0 radical (unpaired) electrons. The summed E-state index contributed by atoms with van der Waals surface area (Å²) in [7, 11) is 2.20. The molecular formula is C15H20N2. The molecule has 0 aliphatic carbocycles. The lowest BCUT2D eigenvalue weighted by molar-refractivity contribution is 0.347. The Morgan fingerprint density at radius 2 is 2.12 bits per heavy atom. The Morgan fingerprint density at radius 3 is 2.94 bits per heavy atom. The number of hydrogen-bond donors (Lipinski definition) is 0. The van der Waals surface area contributed by atoms with Gasteiger partial charge in [0, 0.05) is 0 Å². The second kappa shape index (κ2) is 5.84. The van der Waals surface area contributed by atoms with Crippen molar-refractivity contribution in [3.63, 3.8) is 0 Å². The highest BCUT2D eigenvalue weighted by molar-refractivity contribution is 5.32. The molecule has 2 rings (SSSR count). The first-order valence-electron chi connectivity index (χ1n) is 6.44. The molecule has 1 atom stereocenters. The van der Waals surface area contributed by atoms with Crippen molar-refractivity contribution < 1.29 is 0 Å². The van der Waals surface area contributed by atoms with Crippen molar-refractivity contribution in [3.05, 3.63) is 35.4 Å². The van der Waals surface area contributed by atoms with Gasteiger partial charge in [-0.2, -0.15) is 5.26 Å². The van der Waals surface area contributed by atoms with Gasteiger partial charge in [0.15, 0.2) is 0 Å². The van der Waals surface area contributed by atoms with Gasteiger partial charge in [0.05, 0.1) is 12.5 Å². The fourth-order valence-electron chi connectivity index (χ4n) is 2.73. The van der Waals surface area contributed by atoms with Gasteiger partial charge in [0.2, 0.25) is 0 Å². The Hall–Kier alpha value is -1.33. The van der Waals surface area contributed by atoms with Gasteiger partial charge >= 0.3 is 0 Å². The van der Waals surface area contributed by atoms with Crippen LogP contribution >= 0.6 is 0 Å². The van der Waals surface area contributed by atoms with Crippen molar-refractivity contribution in [2.75, 3.05) is 20.1 Å². The molecule has 1 fully saturated rings. The minimum absolute atomic E-state index is 0.544. The summed E-state index contributed by atoms with van der Waals surface area (Å²) >= 11 is 0. The van der Waals surface area contributed by atoms with Crippen LogP contribution in [0.4, 0.5) is 0 Å². The first-order chi connectivity index (χ1) is 8.31. The highest BCUT2D eigenvalue weighted by atomic mass is 15.1. The highest BCUT2D eigenvalue weighted by Crippen LogP contribution is 2.30. The highest BCUT2D eigenvalue weighted by Gasteiger charge is 2.18. The van der Waals surface area contributed by atoms with Crippen molar-refractivity contribution in [2.45, 2.75) is 31.6 Å². The summed E-state index contributed by atoms with van der Waals surface area (Å²) in [5.74, 6) is 0.643. The Labute approximate surface area is 104 Å². The second-order valence-electron chi connectivity index (χ2n) is 4.96. The van der Waals surface area contributed by atoms with E-state index in [4.69, 9.17) is 5.26 Å². The van der Waals surface area contributed by atoms with E-state index in [2.05, 4.69) is 36.2 Å². The molecule has 1 heterocycles. The summed E-state index contributed by atoms with van der Waals surface area (Å²) in [5, 5.41) is 8.88. The van der Waals surface area contributed by atoms with Crippen LogP contribution in [0.25, 0.3) is 0 Å². The van der Waals surface area contributed by atoms with E-state index in [9.17, 15) is 0 Å². The van der Waals surface area contributed by atoms with Crippen molar-refractivity contribution in [1.82, 2.24) is 4.90 Å². The van der Waals surface area contributed by atoms with Crippen molar-refractivity contribution in [1.29, 1.82) is 5.26 Å². The molecule has 0 saturated carbocycles. The molecule has 0 N–H and O–H groups in total. The average molecular weight is 228 g/mol. The largest absolute Gasteiger partial charge is 0.306 e. The topological polar surface area (TPSA) is 27.0 Å². The minimum atomic E-state index is 0.544. The van der Waals surface area contributed by atoms with E-state index in [-0.39, 0.29) is 0 Å². The molecule has 0 spiro atoms. The van der Waals surface area contributed by atoms with Crippen molar-refractivity contribution >= 4 is 0 Å². The molecule has 1 aliphatic heterocycles. The van der Waals surface area contributed by atoms with E-state index in [1.165, 1.54) is 43.5 Å². The monoisotopic (exact) mass is 228 g/mol. The number of rotatable bonds is 2. The van der Waals surface area contributed by atoms with E-state index in [0.717, 1.165) is 0 Å². The van der Waals surface area contributed by atoms with Gasteiger partial charge in [-0.1, -0.05) is 24.3 Å². The van der Waals surface area contributed by atoms with Crippen LogP contribution in [-0.2, 0) is 6.42 Å². The van der Waals surface area contributed by atoms with Crippen LogP contribution < -0.4 is 0 Å². The summed E-state index contributed by atoms with van der Waals surface area (Å²) in [5.41, 5.74) is 2.63. The Kier molecular flexibility index (Phi) is 4.17. The van der Waals surface area contributed by atoms with Gasteiger partial charge in [-0.3, -0.25) is 0 Å². The first kappa shape index (κ1) is 12.1.